The summed E-state index contributed by atoms with van der Waals surface area (Å²) in [6, 6.07) is 7.89. The molecule has 2 aromatic carbocycles. The number of benzene rings is 2. The third kappa shape index (κ3) is 4.57. The van der Waals surface area contributed by atoms with Crippen LogP contribution in [-0.2, 0) is 18.1 Å². The lowest BCUT2D eigenvalue weighted by Crippen LogP contribution is -2.48. The fraction of sp³-hybridized carbons (Fsp3) is 0.143. The minimum atomic E-state index is -4.20. The topological polar surface area (TPSA) is 86.0 Å². The SMILES string of the molecule is OC(Cn1cnnn1)(c1ccc(F)cc1F)C(F)(F)c1ccc(Oc2ccc(I)c(F)c2)cn1. The quantitative estimate of drug-likeness (QED) is 0.252. The first-order chi connectivity index (χ1) is 16.1. The fourth-order valence-corrected chi connectivity index (χ4v) is 3.52. The summed E-state index contributed by atoms with van der Waals surface area (Å²) in [5.74, 6) is -7.01. The van der Waals surface area contributed by atoms with Gasteiger partial charge in [0.05, 0.1) is 12.7 Å². The van der Waals surface area contributed by atoms with Crippen LogP contribution in [-0.4, -0.2) is 30.3 Å². The third-order valence-electron chi connectivity index (χ3n) is 4.86. The second kappa shape index (κ2) is 9.21. The second-order valence-electron chi connectivity index (χ2n) is 7.12. The molecule has 2 heterocycles. The molecule has 1 unspecified atom stereocenters. The molecule has 0 saturated heterocycles. The monoisotopic (exact) mass is 589 g/mol. The van der Waals surface area contributed by atoms with Crippen molar-refractivity contribution in [3.8, 4) is 11.5 Å². The van der Waals surface area contributed by atoms with E-state index in [0.29, 0.717) is 15.7 Å². The van der Waals surface area contributed by atoms with Crippen LogP contribution in [0.4, 0.5) is 22.0 Å². The molecule has 1 N–H and O–H groups in total. The van der Waals surface area contributed by atoms with Gasteiger partial charge < -0.3 is 9.84 Å². The number of halogens is 6. The standard InChI is InChI=1S/C21H13F5IN5O2/c22-12-1-4-15(16(23)7-12)20(33,10-32-11-29-30-31-32)21(25,26)19-6-3-14(9-28-19)34-13-2-5-18(27)17(24)8-13/h1-9,11,33H,10H2. The predicted molar refractivity (Wildman–Crippen MR) is 115 cm³/mol. The van der Waals surface area contributed by atoms with E-state index in [4.69, 9.17) is 4.74 Å². The lowest BCUT2D eigenvalue weighted by Gasteiger charge is -2.35. The van der Waals surface area contributed by atoms with E-state index in [2.05, 4.69) is 20.5 Å². The molecular formula is C21H13F5IN5O2. The highest BCUT2D eigenvalue weighted by atomic mass is 127. The molecule has 34 heavy (non-hydrogen) atoms. The molecule has 1 atom stereocenters. The second-order valence-corrected chi connectivity index (χ2v) is 8.29. The van der Waals surface area contributed by atoms with E-state index in [1.165, 1.54) is 12.1 Å². The van der Waals surface area contributed by atoms with Crippen molar-refractivity contribution in [3.63, 3.8) is 0 Å². The zero-order chi connectivity index (χ0) is 24.5. The van der Waals surface area contributed by atoms with Gasteiger partial charge >= 0.3 is 5.92 Å². The van der Waals surface area contributed by atoms with Crippen LogP contribution in [0.3, 0.4) is 0 Å². The Morgan fingerprint density at radius 1 is 0.971 bits per heavy atom. The van der Waals surface area contributed by atoms with Gasteiger partial charge in [0.15, 0.2) is 5.60 Å². The molecule has 0 aliphatic rings. The summed E-state index contributed by atoms with van der Waals surface area (Å²) in [6.45, 7) is -0.975. The van der Waals surface area contributed by atoms with Gasteiger partial charge in [-0.25, -0.2) is 17.9 Å². The van der Waals surface area contributed by atoms with Crippen LogP contribution in [0.1, 0.15) is 11.3 Å². The first-order valence-corrected chi connectivity index (χ1v) is 10.5. The molecule has 176 valence electrons. The Balaban J connectivity index is 1.70. The maximum atomic E-state index is 15.7. The van der Waals surface area contributed by atoms with Gasteiger partial charge in [0.25, 0.3) is 0 Å². The van der Waals surface area contributed by atoms with Crippen molar-refractivity contribution in [1.82, 2.24) is 25.2 Å². The first-order valence-electron chi connectivity index (χ1n) is 9.46. The van der Waals surface area contributed by atoms with Crippen LogP contribution in [0.2, 0.25) is 0 Å². The molecule has 0 aliphatic heterocycles. The molecule has 2 aromatic heterocycles. The summed E-state index contributed by atoms with van der Waals surface area (Å²) in [7, 11) is 0. The minimum absolute atomic E-state index is 0.0112. The van der Waals surface area contributed by atoms with Crippen LogP contribution < -0.4 is 4.74 Å². The van der Waals surface area contributed by atoms with E-state index in [9.17, 15) is 18.3 Å². The highest BCUT2D eigenvalue weighted by Crippen LogP contribution is 2.47. The average molecular weight is 589 g/mol. The summed E-state index contributed by atoms with van der Waals surface area (Å²) >= 11 is 1.80. The van der Waals surface area contributed by atoms with Crippen molar-refractivity contribution in [2.75, 3.05) is 0 Å². The summed E-state index contributed by atoms with van der Waals surface area (Å²) in [5.41, 5.74) is -5.08. The Bertz CT molecular complexity index is 1310. The van der Waals surface area contributed by atoms with Crippen LogP contribution in [0, 0.1) is 21.0 Å². The van der Waals surface area contributed by atoms with Crippen molar-refractivity contribution in [2.45, 2.75) is 18.1 Å². The van der Waals surface area contributed by atoms with Crippen molar-refractivity contribution in [3.05, 3.63) is 93.3 Å². The van der Waals surface area contributed by atoms with Crippen molar-refractivity contribution < 1.29 is 31.8 Å². The smallest absolute Gasteiger partial charge is 0.323 e. The number of aliphatic hydroxyl groups is 1. The first kappa shape index (κ1) is 23.9. The number of pyridine rings is 1. The van der Waals surface area contributed by atoms with Gasteiger partial charge in [0.1, 0.15) is 41.0 Å². The molecule has 13 heteroatoms. The largest absolute Gasteiger partial charge is 0.456 e. The molecule has 0 radical (unpaired) electrons. The number of hydrogen-bond acceptors (Lipinski definition) is 6. The van der Waals surface area contributed by atoms with Gasteiger partial charge in [0.2, 0.25) is 0 Å². The zero-order valence-electron chi connectivity index (χ0n) is 16.8. The number of nitrogens with zero attached hydrogens (tertiary/aromatic N) is 5. The van der Waals surface area contributed by atoms with E-state index in [-0.39, 0.29) is 11.5 Å². The molecule has 0 saturated carbocycles. The number of alkyl halides is 2. The molecule has 0 bridgehead atoms. The summed E-state index contributed by atoms with van der Waals surface area (Å²) in [4.78, 5) is 3.67. The van der Waals surface area contributed by atoms with E-state index in [1.54, 1.807) is 22.6 Å². The van der Waals surface area contributed by atoms with Crippen LogP contribution >= 0.6 is 22.6 Å². The Morgan fingerprint density at radius 2 is 1.74 bits per heavy atom. The lowest BCUT2D eigenvalue weighted by atomic mass is 9.84. The van der Waals surface area contributed by atoms with E-state index < -0.39 is 46.8 Å². The van der Waals surface area contributed by atoms with Crippen LogP contribution in [0.25, 0.3) is 0 Å². The van der Waals surface area contributed by atoms with Crippen molar-refractivity contribution >= 4 is 22.6 Å². The Hall–Kier alpha value is -3.20. The molecule has 0 aliphatic carbocycles. The zero-order valence-corrected chi connectivity index (χ0v) is 19.0. The maximum absolute atomic E-state index is 15.7. The number of aromatic nitrogens is 5. The average Bonchev–Trinajstić information content (AvgIpc) is 3.29. The van der Waals surface area contributed by atoms with E-state index in [1.807, 2.05) is 0 Å². The highest BCUT2D eigenvalue weighted by Gasteiger charge is 2.58. The van der Waals surface area contributed by atoms with Crippen molar-refractivity contribution in [2.24, 2.45) is 0 Å². The van der Waals surface area contributed by atoms with Gasteiger partial charge in [-0.15, -0.1) is 5.10 Å². The highest BCUT2D eigenvalue weighted by molar-refractivity contribution is 14.1. The predicted octanol–water partition coefficient (Wildman–Crippen LogP) is 4.56. The van der Waals surface area contributed by atoms with E-state index in [0.717, 1.165) is 41.5 Å². The Morgan fingerprint density at radius 3 is 2.35 bits per heavy atom. The molecule has 0 fully saturated rings. The Kier molecular flexibility index (Phi) is 6.49. The minimum Gasteiger partial charge on any atom is -0.456 e. The summed E-state index contributed by atoms with van der Waals surface area (Å²) in [6.07, 6.45) is 1.89. The van der Waals surface area contributed by atoms with E-state index >= 15 is 8.78 Å². The van der Waals surface area contributed by atoms with Gasteiger partial charge in [-0.2, -0.15) is 8.78 Å². The normalized spacial score (nSPS) is 13.5. The van der Waals surface area contributed by atoms with Gasteiger partial charge in [0, 0.05) is 21.3 Å². The third-order valence-corrected chi connectivity index (χ3v) is 5.74. The van der Waals surface area contributed by atoms with Gasteiger partial charge in [-0.05, 0) is 69.4 Å². The molecule has 4 rings (SSSR count). The Labute approximate surface area is 202 Å². The molecule has 0 spiro atoms. The van der Waals surface area contributed by atoms with Crippen LogP contribution in [0.5, 0.6) is 11.5 Å². The molecular weight excluding hydrogens is 576 g/mol. The number of hydrogen-bond donors (Lipinski definition) is 1. The number of tetrazole rings is 1. The summed E-state index contributed by atoms with van der Waals surface area (Å²) < 4.78 is 79.6. The number of rotatable bonds is 7. The summed E-state index contributed by atoms with van der Waals surface area (Å²) in [5, 5.41) is 21.2. The maximum Gasteiger partial charge on any atom is 0.323 e. The molecule has 0 amide bonds. The van der Waals surface area contributed by atoms with Gasteiger partial charge in [-0.3, -0.25) is 4.98 Å². The molecule has 4 aromatic rings. The van der Waals surface area contributed by atoms with Gasteiger partial charge in [-0.1, -0.05) is 0 Å². The number of ether oxygens (including phenoxy) is 1. The fourth-order valence-electron chi connectivity index (χ4n) is 3.18. The van der Waals surface area contributed by atoms with Crippen molar-refractivity contribution in [1.29, 1.82) is 0 Å². The molecule has 7 nitrogen and oxygen atoms in total. The van der Waals surface area contributed by atoms with Crippen LogP contribution in [0.15, 0.2) is 61.1 Å². The lowest BCUT2D eigenvalue weighted by molar-refractivity contribution is -0.207.